The number of nitrogens with one attached hydrogen (secondary N) is 3. The summed E-state index contributed by atoms with van der Waals surface area (Å²) in [5, 5.41) is 5.55. The zero-order valence-corrected chi connectivity index (χ0v) is 21.2. The Labute approximate surface area is 213 Å². The van der Waals surface area contributed by atoms with Crippen molar-refractivity contribution in [3.8, 4) is 17.0 Å². The van der Waals surface area contributed by atoms with Gasteiger partial charge in [-0.3, -0.25) is 9.59 Å². The van der Waals surface area contributed by atoms with Gasteiger partial charge in [-0.15, -0.1) is 0 Å². The van der Waals surface area contributed by atoms with E-state index in [2.05, 4.69) is 25.6 Å². The number of rotatable bonds is 7. The lowest BCUT2D eigenvalue weighted by Gasteiger charge is -2.32. The van der Waals surface area contributed by atoms with E-state index in [1.807, 2.05) is 0 Å². The Morgan fingerprint density at radius 3 is 2.62 bits per heavy atom. The molecular formula is C27H31F2N5O3. The van der Waals surface area contributed by atoms with Crippen LogP contribution >= 0.6 is 0 Å². The zero-order valence-electron chi connectivity index (χ0n) is 21.2. The first-order chi connectivity index (χ1) is 17.7. The first-order valence-corrected chi connectivity index (χ1v) is 12.7. The molecule has 0 spiro atoms. The van der Waals surface area contributed by atoms with Gasteiger partial charge in [-0.1, -0.05) is 6.07 Å². The van der Waals surface area contributed by atoms with Crippen molar-refractivity contribution in [1.29, 1.82) is 0 Å². The average Bonchev–Trinajstić information content (AvgIpc) is 3.61. The van der Waals surface area contributed by atoms with Crippen LogP contribution in [0.15, 0.2) is 18.5 Å². The van der Waals surface area contributed by atoms with Gasteiger partial charge in [0, 0.05) is 25.1 Å². The van der Waals surface area contributed by atoms with Crippen LogP contribution < -0.4 is 15.4 Å². The number of alkyl halides is 1. The molecule has 2 heterocycles. The molecule has 1 aromatic carbocycles. The predicted octanol–water partition coefficient (Wildman–Crippen LogP) is 4.29. The number of benzene rings is 1. The molecule has 0 saturated heterocycles. The normalized spacial score (nSPS) is 21.6. The molecule has 2 aliphatic carbocycles. The first kappa shape index (κ1) is 25.1. The molecule has 196 valence electrons. The molecule has 2 saturated carbocycles. The number of aromatic nitrogens is 3. The highest BCUT2D eigenvalue weighted by Crippen LogP contribution is 2.39. The highest BCUT2D eigenvalue weighted by atomic mass is 19.1. The summed E-state index contributed by atoms with van der Waals surface area (Å²) in [5.74, 6) is -0.206. The minimum atomic E-state index is -1.25. The van der Waals surface area contributed by atoms with E-state index in [0.29, 0.717) is 64.7 Å². The molecule has 10 heteroatoms. The number of hydrogen-bond acceptors (Lipinski definition) is 5. The van der Waals surface area contributed by atoms with Crippen LogP contribution in [0.5, 0.6) is 5.75 Å². The number of carbonyl (C=O) groups is 2. The molecule has 0 unspecified atom stereocenters. The Bertz CT molecular complexity index is 1350. The molecule has 3 aromatic rings. The molecule has 37 heavy (non-hydrogen) atoms. The van der Waals surface area contributed by atoms with Crippen molar-refractivity contribution in [2.24, 2.45) is 5.92 Å². The van der Waals surface area contributed by atoms with E-state index in [-0.39, 0.29) is 23.9 Å². The van der Waals surface area contributed by atoms with E-state index in [1.165, 1.54) is 13.3 Å². The second kappa shape index (κ2) is 10.1. The molecule has 3 N–H and O–H groups in total. The van der Waals surface area contributed by atoms with E-state index < -0.39 is 23.9 Å². The molecule has 0 aliphatic heterocycles. The topological polar surface area (TPSA) is 109 Å². The lowest BCUT2D eigenvalue weighted by atomic mass is 9.89. The number of hydrogen-bond donors (Lipinski definition) is 3. The number of fused-ring (bicyclic) bond motifs is 1. The van der Waals surface area contributed by atoms with Crippen LogP contribution in [0, 0.1) is 25.6 Å². The van der Waals surface area contributed by atoms with E-state index in [1.54, 1.807) is 26.0 Å². The molecular weight excluding hydrogens is 480 g/mol. The molecule has 2 fully saturated rings. The molecule has 2 amide bonds. The third-order valence-electron chi connectivity index (χ3n) is 7.20. The molecule has 3 atom stereocenters. The Morgan fingerprint density at radius 1 is 1.14 bits per heavy atom. The fraction of sp³-hybridized carbons (Fsp3) is 0.481. The van der Waals surface area contributed by atoms with Crippen LogP contribution in [0.2, 0.25) is 0 Å². The Kier molecular flexibility index (Phi) is 6.83. The van der Waals surface area contributed by atoms with Crippen molar-refractivity contribution in [1.82, 2.24) is 25.6 Å². The van der Waals surface area contributed by atoms with E-state index in [9.17, 15) is 14.0 Å². The summed E-state index contributed by atoms with van der Waals surface area (Å²) in [4.78, 5) is 36.5. The van der Waals surface area contributed by atoms with Gasteiger partial charge >= 0.3 is 0 Å². The monoisotopic (exact) mass is 511 g/mol. The summed E-state index contributed by atoms with van der Waals surface area (Å²) in [6, 6.07) is 2.50. The second-order valence-corrected chi connectivity index (χ2v) is 10.2. The Balaban J connectivity index is 1.44. The highest BCUT2D eigenvalue weighted by molar-refractivity contribution is 6.09. The fourth-order valence-corrected chi connectivity index (χ4v) is 5.01. The molecule has 8 nitrogen and oxygen atoms in total. The van der Waals surface area contributed by atoms with E-state index in [0.717, 1.165) is 12.8 Å². The van der Waals surface area contributed by atoms with Crippen LogP contribution in [0.1, 0.15) is 60.6 Å². The number of aryl methyl sites for hydroxylation is 2. The van der Waals surface area contributed by atoms with Crippen LogP contribution in [0.4, 0.5) is 8.78 Å². The summed E-state index contributed by atoms with van der Waals surface area (Å²) < 4.78 is 36.0. The van der Waals surface area contributed by atoms with Gasteiger partial charge in [0.15, 0.2) is 0 Å². The van der Waals surface area contributed by atoms with Gasteiger partial charge in [-0.25, -0.2) is 18.7 Å². The number of carbonyl (C=O) groups excluding carboxylic acids is 2. The molecule has 2 aromatic heterocycles. The minimum Gasteiger partial charge on any atom is -0.492 e. The van der Waals surface area contributed by atoms with E-state index >= 15 is 4.39 Å². The molecule has 2 aliphatic rings. The first-order valence-electron chi connectivity index (χ1n) is 12.7. The standard InChI is InChI=1S/C27H31F2N5O3/c1-13-4-9-20(37-11-16-5-6-16)22(23(13)29)25-26-24(30-12-31-25)21(14(2)32-26)27(36)34-17-7-8-19(18(28)10-17)33-15(3)35/h4,9,12,16-19,32H,5-8,10-11H2,1-3H3,(H,33,35)(H,34,36)/t17-,18+,19-/m0/s1. The van der Waals surface area contributed by atoms with Crippen LogP contribution in [0.25, 0.3) is 22.3 Å². The van der Waals surface area contributed by atoms with Crippen molar-refractivity contribution in [3.05, 3.63) is 41.1 Å². The number of halogens is 2. The zero-order chi connectivity index (χ0) is 26.3. The van der Waals surface area contributed by atoms with Crippen molar-refractivity contribution in [2.75, 3.05) is 6.61 Å². The van der Waals surface area contributed by atoms with Gasteiger partial charge < -0.3 is 20.4 Å². The average molecular weight is 512 g/mol. The molecule has 0 radical (unpaired) electrons. The highest BCUT2D eigenvalue weighted by Gasteiger charge is 2.33. The minimum absolute atomic E-state index is 0.106. The summed E-state index contributed by atoms with van der Waals surface area (Å²) in [6.07, 6.45) is 3.34. The SMILES string of the molecule is CC(=O)N[C@H]1CC[C@H](NC(=O)c2c(C)[nH]c3c(-c4c(OCC5CC5)ccc(C)c4F)ncnc23)C[C@H]1F. The van der Waals surface area contributed by atoms with Crippen molar-refractivity contribution >= 4 is 22.8 Å². The quantitative estimate of drug-likeness (QED) is 0.438. The van der Waals surface area contributed by atoms with Gasteiger partial charge in [-0.05, 0) is 57.1 Å². The van der Waals surface area contributed by atoms with Crippen LogP contribution in [0.3, 0.4) is 0 Å². The summed E-state index contributed by atoms with van der Waals surface area (Å²) >= 11 is 0. The lowest BCUT2D eigenvalue weighted by molar-refractivity contribution is -0.120. The maximum Gasteiger partial charge on any atom is 0.255 e. The van der Waals surface area contributed by atoms with Gasteiger partial charge in [0.05, 0.1) is 29.3 Å². The maximum atomic E-state index is 15.4. The van der Waals surface area contributed by atoms with Gasteiger partial charge in [0.1, 0.15) is 35.3 Å². The predicted molar refractivity (Wildman–Crippen MR) is 135 cm³/mol. The second-order valence-electron chi connectivity index (χ2n) is 10.2. The van der Waals surface area contributed by atoms with Crippen LogP contribution in [-0.4, -0.2) is 51.6 Å². The lowest BCUT2D eigenvalue weighted by Crippen LogP contribution is -2.49. The maximum absolute atomic E-state index is 15.4. The largest absolute Gasteiger partial charge is 0.492 e. The van der Waals surface area contributed by atoms with Gasteiger partial charge in [0.2, 0.25) is 5.91 Å². The number of H-pyrrole nitrogens is 1. The van der Waals surface area contributed by atoms with Crippen molar-refractivity contribution in [2.45, 2.75) is 71.1 Å². The number of amides is 2. The number of aromatic amines is 1. The smallest absolute Gasteiger partial charge is 0.255 e. The van der Waals surface area contributed by atoms with E-state index in [4.69, 9.17) is 4.74 Å². The fourth-order valence-electron chi connectivity index (χ4n) is 5.01. The van der Waals surface area contributed by atoms with Crippen molar-refractivity contribution < 1.29 is 23.1 Å². The summed E-state index contributed by atoms with van der Waals surface area (Å²) in [6.45, 7) is 5.30. The van der Waals surface area contributed by atoms with Gasteiger partial charge in [0.25, 0.3) is 5.91 Å². The molecule has 5 rings (SSSR count). The summed E-state index contributed by atoms with van der Waals surface area (Å²) in [7, 11) is 0. The molecule has 0 bridgehead atoms. The van der Waals surface area contributed by atoms with Crippen molar-refractivity contribution in [3.63, 3.8) is 0 Å². The van der Waals surface area contributed by atoms with Gasteiger partial charge in [-0.2, -0.15) is 0 Å². The summed E-state index contributed by atoms with van der Waals surface area (Å²) in [5.41, 5.74) is 2.66. The van der Waals surface area contributed by atoms with Crippen LogP contribution in [-0.2, 0) is 4.79 Å². The third kappa shape index (κ3) is 5.14. The third-order valence-corrected chi connectivity index (χ3v) is 7.20. The Hall–Kier alpha value is -3.56. The number of nitrogens with zero attached hydrogens (tertiary/aromatic N) is 2. The Morgan fingerprint density at radius 2 is 1.92 bits per heavy atom. The number of ether oxygens (including phenoxy) is 1.